The highest BCUT2D eigenvalue weighted by atomic mass is 79.9. The minimum absolute atomic E-state index is 0.0266. The number of rotatable bonds is 5. The van der Waals surface area contributed by atoms with E-state index >= 15 is 0 Å². The quantitative estimate of drug-likeness (QED) is 0.876. The minimum Gasteiger partial charge on any atom is -0.352 e. The molecule has 0 spiro atoms. The number of hydrogen-bond acceptors (Lipinski definition) is 2. The van der Waals surface area contributed by atoms with E-state index in [-0.39, 0.29) is 17.8 Å². The van der Waals surface area contributed by atoms with Gasteiger partial charge in [0.05, 0.1) is 10.5 Å². The average Bonchev–Trinajstić information content (AvgIpc) is 3.14. The first-order valence-electron chi connectivity index (χ1n) is 6.04. The highest BCUT2D eigenvalue weighted by Gasteiger charge is 2.25. The molecule has 1 aromatic carbocycles. The van der Waals surface area contributed by atoms with E-state index in [0.29, 0.717) is 17.1 Å². The molecule has 1 amide bonds. The van der Waals surface area contributed by atoms with Crippen LogP contribution >= 0.6 is 15.9 Å². The Hall–Kier alpha value is -0.940. The summed E-state index contributed by atoms with van der Waals surface area (Å²) in [5.41, 5.74) is 0.939. The van der Waals surface area contributed by atoms with Crippen LogP contribution in [0.5, 0.6) is 0 Å². The van der Waals surface area contributed by atoms with Gasteiger partial charge in [-0.15, -0.1) is 0 Å². The minimum atomic E-state index is -0.279. The fraction of sp³-hybridized carbons (Fsp3) is 0.462. The van der Waals surface area contributed by atoms with Gasteiger partial charge in [-0.2, -0.15) is 0 Å². The molecule has 2 N–H and O–H groups in total. The van der Waals surface area contributed by atoms with Gasteiger partial charge in [0.1, 0.15) is 5.82 Å². The SMILES string of the molecule is CC(NCc1ccc(F)c(Br)c1)C(=O)NC1CC1. The van der Waals surface area contributed by atoms with Gasteiger partial charge in [-0.1, -0.05) is 6.07 Å². The maximum Gasteiger partial charge on any atom is 0.237 e. The maximum atomic E-state index is 13.0. The monoisotopic (exact) mass is 314 g/mol. The van der Waals surface area contributed by atoms with Crippen molar-refractivity contribution in [1.82, 2.24) is 10.6 Å². The van der Waals surface area contributed by atoms with E-state index in [9.17, 15) is 9.18 Å². The highest BCUT2D eigenvalue weighted by Crippen LogP contribution is 2.19. The van der Waals surface area contributed by atoms with Crippen LogP contribution < -0.4 is 10.6 Å². The second kappa shape index (κ2) is 5.80. The second-order valence-electron chi connectivity index (χ2n) is 4.63. The molecule has 1 aliphatic carbocycles. The fourth-order valence-corrected chi connectivity index (χ4v) is 1.99. The van der Waals surface area contributed by atoms with Gasteiger partial charge in [0.2, 0.25) is 5.91 Å². The molecule has 1 aromatic rings. The van der Waals surface area contributed by atoms with Crippen LogP contribution in [0.3, 0.4) is 0 Å². The molecule has 5 heteroatoms. The Morgan fingerprint density at radius 2 is 2.28 bits per heavy atom. The van der Waals surface area contributed by atoms with Gasteiger partial charge < -0.3 is 10.6 Å². The zero-order chi connectivity index (χ0) is 13.1. The predicted molar refractivity (Wildman–Crippen MR) is 71.6 cm³/mol. The van der Waals surface area contributed by atoms with Crippen LogP contribution in [0.15, 0.2) is 22.7 Å². The van der Waals surface area contributed by atoms with E-state index in [1.807, 2.05) is 6.92 Å². The van der Waals surface area contributed by atoms with Gasteiger partial charge in [-0.05, 0) is 53.4 Å². The van der Waals surface area contributed by atoms with E-state index in [1.165, 1.54) is 6.07 Å². The molecule has 2 rings (SSSR count). The van der Waals surface area contributed by atoms with Crippen molar-refractivity contribution >= 4 is 21.8 Å². The topological polar surface area (TPSA) is 41.1 Å². The van der Waals surface area contributed by atoms with Crippen molar-refractivity contribution in [2.24, 2.45) is 0 Å². The van der Waals surface area contributed by atoms with Gasteiger partial charge in [-0.3, -0.25) is 4.79 Å². The molecule has 1 unspecified atom stereocenters. The molecular weight excluding hydrogens is 299 g/mol. The summed E-state index contributed by atoms with van der Waals surface area (Å²) in [6.45, 7) is 2.37. The molecule has 18 heavy (non-hydrogen) atoms. The molecule has 0 aromatic heterocycles. The molecule has 98 valence electrons. The zero-order valence-electron chi connectivity index (χ0n) is 10.2. The van der Waals surface area contributed by atoms with Crippen molar-refractivity contribution in [3.05, 3.63) is 34.1 Å². The highest BCUT2D eigenvalue weighted by molar-refractivity contribution is 9.10. The lowest BCUT2D eigenvalue weighted by Crippen LogP contribution is -2.42. The van der Waals surface area contributed by atoms with Crippen LogP contribution in [-0.4, -0.2) is 18.0 Å². The number of carbonyl (C=O) groups is 1. The third-order valence-corrected chi connectivity index (χ3v) is 3.52. The van der Waals surface area contributed by atoms with Gasteiger partial charge in [-0.25, -0.2) is 4.39 Å². The summed E-state index contributed by atoms with van der Waals surface area (Å²) in [4.78, 5) is 11.7. The lowest BCUT2D eigenvalue weighted by molar-refractivity contribution is -0.122. The molecule has 0 aliphatic heterocycles. The van der Waals surface area contributed by atoms with Crippen molar-refractivity contribution in [2.75, 3.05) is 0 Å². The molecule has 1 fully saturated rings. The third-order valence-electron chi connectivity index (χ3n) is 2.91. The van der Waals surface area contributed by atoms with E-state index in [2.05, 4.69) is 26.6 Å². The number of carbonyl (C=O) groups excluding carboxylic acids is 1. The third kappa shape index (κ3) is 3.78. The number of amides is 1. The maximum absolute atomic E-state index is 13.0. The van der Waals surface area contributed by atoms with Crippen LogP contribution in [0.1, 0.15) is 25.3 Å². The Morgan fingerprint density at radius 1 is 1.56 bits per heavy atom. The van der Waals surface area contributed by atoms with Crippen LogP contribution in [0.4, 0.5) is 4.39 Å². The zero-order valence-corrected chi connectivity index (χ0v) is 11.8. The summed E-state index contributed by atoms with van der Waals surface area (Å²) < 4.78 is 13.5. The summed E-state index contributed by atoms with van der Waals surface area (Å²) >= 11 is 3.14. The molecule has 1 aliphatic rings. The first kappa shape index (κ1) is 13.5. The number of halogens is 2. The van der Waals surface area contributed by atoms with E-state index in [0.717, 1.165) is 18.4 Å². The molecule has 1 saturated carbocycles. The number of benzene rings is 1. The Kier molecular flexibility index (Phi) is 4.35. The van der Waals surface area contributed by atoms with Crippen LogP contribution in [0.2, 0.25) is 0 Å². The summed E-state index contributed by atoms with van der Waals surface area (Å²) in [5.74, 6) is -0.253. The Balaban J connectivity index is 1.82. The standard InChI is InChI=1S/C13H16BrFN2O/c1-8(13(18)17-10-3-4-10)16-7-9-2-5-12(15)11(14)6-9/h2,5-6,8,10,16H,3-4,7H2,1H3,(H,17,18). The normalized spacial score (nSPS) is 16.4. The van der Waals surface area contributed by atoms with E-state index in [1.54, 1.807) is 12.1 Å². The van der Waals surface area contributed by atoms with E-state index in [4.69, 9.17) is 0 Å². The largest absolute Gasteiger partial charge is 0.352 e. The lowest BCUT2D eigenvalue weighted by atomic mass is 10.2. The van der Waals surface area contributed by atoms with Gasteiger partial charge >= 0.3 is 0 Å². The second-order valence-corrected chi connectivity index (χ2v) is 5.49. The fourth-order valence-electron chi connectivity index (χ4n) is 1.57. The van der Waals surface area contributed by atoms with Crippen molar-refractivity contribution in [1.29, 1.82) is 0 Å². The van der Waals surface area contributed by atoms with Crippen LogP contribution in [0.25, 0.3) is 0 Å². The Labute approximate surface area is 114 Å². The van der Waals surface area contributed by atoms with Crippen molar-refractivity contribution in [3.8, 4) is 0 Å². The van der Waals surface area contributed by atoms with Gasteiger partial charge in [0.15, 0.2) is 0 Å². The van der Waals surface area contributed by atoms with Crippen LogP contribution in [0, 0.1) is 5.82 Å². The summed E-state index contributed by atoms with van der Waals surface area (Å²) in [7, 11) is 0. The Bertz CT molecular complexity index is 449. The smallest absolute Gasteiger partial charge is 0.237 e. The number of nitrogens with one attached hydrogen (secondary N) is 2. The molecule has 3 nitrogen and oxygen atoms in total. The molecule has 0 bridgehead atoms. The van der Waals surface area contributed by atoms with Gasteiger partial charge in [0.25, 0.3) is 0 Å². The summed E-state index contributed by atoms with van der Waals surface area (Å²) in [6.07, 6.45) is 2.17. The Morgan fingerprint density at radius 3 is 2.89 bits per heavy atom. The number of hydrogen-bond donors (Lipinski definition) is 2. The first-order chi connectivity index (χ1) is 8.56. The van der Waals surface area contributed by atoms with Crippen molar-refractivity contribution in [2.45, 2.75) is 38.4 Å². The van der Waals surface area contributed by atoms with Crippen LogP contribution in [-0.2, 0) is 11.3 Å². The summed E-state index contributed by atoms with van der Waals surface area (Å²) in [6, 6.07) is 4.97. The van der Waals surface area contributed by atoms with Crippen molar-refractivity contribution in [3.63, 3.8) is 0 Å². The molecule has 0 heterocycles. The predicted octanol–water partition coefficient (Wildman–Crippen LogP) is 2.34. The first-order valence-corrected chi connectivity index (χ1v) is 6.83. The van der Waals surface area contributed by atoms with Crippen molar-refractivity contribution < 1.29 is 9.18 Å². The lowest BCUT2D eigenvalue weighted by Gasteiger charge is -2.14. The molecular formula is C13H16BrFN2O. The molecule has 0 radical (unpaired) electrons. The molecule has 0 saturated heterocycles. The van der Waals surface area contributed by atoms with E-state index < -0.39 is 0 Å². The van der Waals surface area contributed by atoms with Gasteiger partial charge in [0, 0.05) is 12.6 Å². The average molecular weight is 315 g/mol. The summed E-state index contributed by atoms with van der Waals surface area (Å²) in [5, 5.41) is 6.06. The molecule has 1 atom stereocenters.